The number of aryl methyl sites for hydroxylation is 1. The van der Waals surface area contributed by atoms with Crippen LogP contribution in [-0.2, 0) is 6.54 Å². The maximum atomic E-state index is 6.69. The monoisotopic (exact) mass is 199 g/mol. The predicted molar refractivity (Wildman–Crippen MR) is 51.5 cm³/mol. The fourth-order valence-electron chi connectivity index (χ4n) is 0.960. The van der Waals surface area contributed by atoms with Crippen molar-refractivity contribution in [3.05, 3.63) is 44.7 Å². The molecule has 0 radical (unpaired) electrons. The van der Waals surface area contributed by atoms with Gasteiger partial charge in [0, 0.05) is 0 Å². The van der Waals surface area contributed by atoms with E-state index in [0.29, 0.717) is 10.0 Å². The third-order valence-electron chi connectivity index (χ3n) is 1.52. The molecule has 3 heteroatoms. The van der Waals surface area contributed by atoms with E-state index < -0.39 is 0 Å². The van der Waals surface area contributed by atoms with Gasteiger partial charge in [0.1, 0.15) is 0 Å². The Bertz CT molecular complexity index is 316. The van der Waals surface area contributed by atoms with Crippen LogP contribution in [-0.4, -0.2) is 0 Å². The first-order chi connectivity index (χ1) is 5.65. The van der Waals surface area contributed by atoms with Crippen molar-refractivity contribution in [2.45, 2.75) is 13.5 Å². The Kier molecular flexibility index (Phi) is 2.97. The van der Waals surface area contributed by atoms with Crippen LogP contribution in [0.1, 0.15) is 11.1 Å². The summed E-state index contributed by atoms with van der Waals surface area (Å²) >= 11 is 11.8. The molecule has 0 unspecified atom stereocenters. The highest BCUT2D eigenvalue weighted by Crippen LogP contribution is 2.26. The number of benzene rings is 1. The molecular formula is C9H7Cl2N. The van der Waals surface area contributed by atoms with Gasteiger partial charge in [0.25, 0.3) is 0 Å². The second-order valence-corrected chi connectivity index (χ2v) is 3.34. The molecule has 1 aromatic carbocycles. The summed E-state index contributed by atoms with van der Waals surface area (Å²) in [6, 6.07) is 3.63. The maximum Gasteiger partial charge on any atom is 0.242 e. The Balaban J connectivity index is 3.21. The quantitative estimate of drug-likeness (QED) is 0.608. The Hall–Kier alpha value is -0.710. The molecular weight excluding hydrogens is 193 g/mol. The van der Waals surface area contributed by atoms with Crippen LogP contribution in [0, 0.1) is 13.5 Å². The summed E-state index contributed by atoms with van der Waals surface area (Å²) in [6.07, 6.45) is 0. The number of hydrogen-bond donors (Lipinski definition) is 0. The number of nitrogens with zero attached hydrogens (tertiary/aromatic N) is 1. The van der Waals surface area contributed by atoms with Gasteiger partial charge in [-0.05, 0) is 24.6 Å². The fourth-order valence-corrected chi connectivity index (χ4v) is 1.68. The van der Waals surface area contributed by atoms with Gasteiger partial charge in [-0.15, -0.1) is 0 Å². The van der Waals surface area contributed by atoms with Crippen LogP contribution in [0.15, 0.2) is 12.1 Å². The van der Waals surface area contributed by atoms with E-state index in [-0.39, 0.29) is 6.54 Å². The van der Waals surface area contributed by atoms with Gasteiger partial charge in [-0.2, -0.15) is 0 Å². The second kappa shape index (κ2) is 3.80. The lowest BCUT2D eigenvalue weighted by atomic mass is 10.1. The lowest BCUT2D eigenvalue weighted by Gasteiger charge is -2.01. The van der Waals surface area contributed by atoms with Gasteiger partial charge in [0.15, 0.2) is 0 Å². The van der Waals surface area contributed by atoms with Crippen LogP contribution in [0.25, 0.3) is 4.85 Å². The van der Waals surface area contributed by atoms with Gasteiger partial charge in [-0.25, -0.2) is 6.57 Å². The summed E-state index contributed by atoms with van der Waals surface area (Å²) < 4.78 is 0. The summed E-state index contributed by atoms with van der Waals surface area (Å²) in [5.74, 6) is 0. The molecule has 1 nitrogen and oxygen atoms in total. The van der Waals surface area contributed by atoms with E-state index in [9.17, 15) is 0 Å². The molecule has 62 valence electrons. The summed E-state index contributed by atoms with van der Waals surface area (Å²) in [6.45, 7) is 8.86. The zero-order valence-electron chi connectivity index (χ0n) is 6.56. The van der Waals surface area contributed by atoms with Crippen LogP contribution in [0.4, 0.5) is 0 Å². The summed E-state index contributed by atoms with van der Waals surface area (Å²) in [7, 11) is 0. The largest absolute Gasteiger partial charge is 0.312 e. The first-order valence-corrected chi connectivity index (χ1v) is 4.18. The van der Waals surface area contributed by atoms with Gasteiger partial charge in [-0.1, -0.05) is 23.2 Å². The molecule has 0 heterocycles. The average Bonchev–Trinajstić information content (AvgIpc) is 1.96. The molecule has 0 aromatic heterocycles. The Labute approximate surface area is 81.7 Å². The number of hydrogen-bond acceptors (Lipinski definition) is 0. The minimum absolute atomic E-state index is 0.248. The molecule has 0 saturated carbocycles. The molecule has 0 amide bonds. The SMILES string of the molecule is [C-]#[N+]Cc1c(Cl)cc(C)cc1Cl. The minimum atomic E-state index is 0.248. The second-order valence-electron chi connectivity index (χ2n) is 2.52. The molecule has 0 N–H and O–H groups in total. The zero-order chi connectivity index (χ0) is 9.14. The van der Waals surface area contributed by atoms with Gasteiger partial charge in [0.2, 0.25) is 6.54 Å². The highest BCUT2D eigenvalue weighted by Gasteiger charge is 2.08. The van der Waals surface area contributed by atoms with Crippen molar-refractivity contribution in [2.24, 2.45) is 0 Å². The predicted octanol–water partition coefficient (Wildman–Crippen LogP) is 3.72. The van der Waals surface area contributed by atoms with E-state index >= 15 is 0 Å². The van der Waals surface area contributed by atoms with Gasteiger partial charge < -0.3 is 4.85 Å². The van der Waals surface area contributed by atoms with Crippen molar-refractivity contribution in [3.63, 3.8) is 0 Å². The van der Waals surface area contributed by atoms with Crippen LogP contribution in [0.5, 0.6) is 0 Å². The van der Waals surface area contributed by atoms with Gasteiger partial charge >= 0.3 is 0 Å². The minimum Gasteiger partial charge on any atom is -0.312 e. The summed E-state index contributed by atoms with van der Waals surface area (Å²) in [4.78, 5) is 3.24. The van der Waals surface area contributed by atoms with Crippen LogP contribution in [0.2, 0.25) is 10.0 Å². The van der Waals surface area contributed by atoms with E-state index in [1.807, 2.05) is 19.1 Å². The molecule has 1 aromatic rings. The third-order valence-corrected chi connectivity index (χ3v) is 2.20. The summed E-state index contributed by atoms with van der Waals surface area (Å²) in [5.41, 5.74) is 1.73. The first-order valence-electron chi connectivity index (χ1n) is 3.43. The van der Waals surface area contributed by atoms with Crippen molar-refractivity contribution in [3.8, 4) is 0 Å². The van der Waals surface area contributed by atoms with Gasteiger partial charge in [-0.3, -0.25) is 0 Å². The molecule has 0 bridgehead atoms. The van der Waals surface area contributed by atoms with E-state index in [0.717, 1.165) is 11.1 Å². The Morgan fingerprint density at radius 3 is 2.25 bits per heavy atom. The Morgan fingerprint density at radius 2 is 1.83 bits per heavy atom. The smallest absolute Gasteiger partial charge is 0.242 e. The normalized spacial score (nSPS) is 9.50. The molecule has 1 rings (SSSR count). The Morgan fingerprint density at radius 1 is 1.33 bits per heavy atom. The van der Waals surface area contributed by atoms with Crippen molar-refractivity contribution in [1.29, 1.82) is 0 Å². The molecule has 0 aliphatic heterocycles. The van der Waals surface area contributed by atoms with Crippen LogP contribution >= 0.6 is 23.2 Å². The first kappa shape index (κ1) is 9.38. The molecule has 0 spiro atoms. The van der Waals surface area contributed by atoms with Crippen molar-refractivity contribution < 1.29 is 0 Å². The summed E-state index contributed by atoms with van der Waals surface area (Å²) in [5, 5.41) is 1.16. The van der Waals surface area contributed by atoms with Crippen molar-refractivity contribution in [2.75, 3.05) is 0 Å². The van der Waals surface area contributed by atoms with E-state index in [1.165, 1.54) is 0 Å². The molecule has 0 atom stereocenters. The topological polar surface area (TPSA) is 4.36 Å². The van der Waals surface area contributed by atoms with E-state index in [4.69, 9.17) is 29.8 Å². The van der Waals surface area contributed by atoms with Crippen molar-refractivity contribution in [1.82, 2.24) is 0 Å². The fraction of sp³-hybridized carbons (Fsp3) is 0.222. The molecule has 0 aliphatic carbocycles. The lowest BCUT2D eigenvalue weighted by Crippen LogP contribution is -1.85. The molecule has 0 fully saturated rings. The van der Waals surface area contributed by atoms with E-state index in [2.05, 4.69) is 4.85 Å². The van der Waals surface area contributed by atoms with E-state index in [1.54, 1.807) is 0 Å². The van der Waals surface area contributed by atoms with Crippen LogP contribution < -0.4 is 0 Å². The standard InChI is InChI=1S/C9H7Cl2N/c1-6-3-8(10)7(5-12-2)9(11)4-6/h3-4H,5H2,1H3. The molecule has 12 heavy (non-hydrogen) atoms. The number of rotatable bonds is 1. The highest BCUT2D eigenvalue weighted by molar-refractivity contribution is 6.36. The maximum absolute atomic E-state index is 6.69. The lowest BCUT2D eigenvalue weighted by molar-refractivity contribution is 1.25. The third kappa shape index (κ3) is 1.91. The molecule has 0 aliphatic rings. The van der Waals surface area contributed by atoms with Crippen molar-refractivity contribution >= 4 is 23.2 Å². The molecule has 0 saturated heterocycles. The van der Waals surface area contributed by atoms with Gasteiger partial charge in [0.05, 0.1) is 15.6 Å². The zero-order valence-corrected chi connectivity index (χ0v) is 8.08. The van der Waals surface area contributed by atoms with Crippen LogP contribution in [0.3, 0.4) is 0 Å². The number of halogens is 2. The highest BCUT2D eigenvalue weighted by atomic mass is 35.5. The average molecular weight is 200 g/mol.